The fourth-order valence-corrected chi connectivity index (χ4v) is 11.6. The lowest BCUT2D eigenvalue weighted by atomic mass is 9.95. The van der Waals surface area contributed by atoms with Gasteiger partial charge in [-0.05, 0) is 66.6 Å². The Kier molecular flexibility index (Phi) is 27.4. The third kappa shape index (κ3) is 18.8. The smallest absolute Gasteiger partial charge is 0.338 e. The summed E-state index contributed by atoms with van der Waals surface area (Å²) >= 11 is 0. The lowest BCUT2D eigenvalue weighted by molar-refractivity contribution is -0.423. The van der Waals surface area contributed by atoms with E-state index >= 15 is 0 Å². The van der Waals surface area contributed by atoms with Crippen molar-refractivity contribution in [2.75, 3.05) is 39.6 Å². The third-order valence-corrected chi connectivity index (χ3v) is 17.2. The van der Waals surface area contributed by atoms with E-state index in [1.165, 1.54) is 91.9 Å². The van der Waals surface area contributed by atoms with E-state index in [-0.39, 0.29) is 22.6 Å². The molecule has 0 radical (unpaired) electrons. The van der Waals surface area contributed by atoms with Gasteiger partial charge in [0.2, 0.25) is 12.1 Å². The fraction of sp³-hybridized carbons (Fsp3) is 0.585. The third-order valence-electron chi connectivity index (χ3n) is 17.2. The number of aromatic hydroxyl groups is 1. The molecule has 9 rings (SSSR count). The minimum absolute atomic E-state index is 0.0625. The second kappa shape index (κ2) is 35.2. The van der Waals surface area contributed by atoms with Gasteiger partial charge in [0.15, 0.2) is 37.4 Å². The van der Waals surface area contributed by atoms with Gasteiger partial charge < -0.3 is 157 Å². The van der Waals surface area contributed by atoms with Crippen molar-refractivity contribution < 1.29 is 181 Å². The van der Waals surface area contributed by atoms with Crippen molar-refractivity contribution in [2.45, 2.75) is 198 Å². The lowest BCUT2D eigenvalue weighted by Crippen LogP contribution is -2.69. The normalized spacial score (nSPS) is 38.6. The average molecular weight is 1460 g/mol. The van der Waals surface area contributed by atoms with E-state index in [9.17, 15) is 106 Å². The highest BCUT2D eigenvalue weighted by Gasteiger charge is 2.65. The predicted molar refractivity (Wildman–Crippen MR) is 329 cm³/mol. The van der Waals surface area contributed by atoms with Crippen LogP contribution < -0.4 is 4.74 Å². The molecule has 37 nitrogen and oxygen atoms in total. The molecule has 29 atom stereocenters. The number of carbonyl (C=O) groups excluding carboxylic acids is 5. The summed E-state index contributed by atoms with van der Waals surface area (Å²) in [4.78, 5) is 68.0. The first kappa shape index (κ1) is 79.2. The summed E-state index contributed by atoms with van der Waals surface area (Å²) < 4.78 is 95.4. The zero-order chi connectivity index (χ0) is 74.0. The van der Waals surface area contributed by atoms with Crippen LogP contribution in [0.4, 0.5) is 0 Å². The molecule has 0 saturated carbocycles. The number of phenolic OH excluding ortho intramolecular Hbond substituents is 1. The minimum Gasteiger partial charge on any atom is -0.508 e. The van der Waals surface area contributed by atoms with Gasteiger partial charge in [0.25, 0.3) is 0 Å². The standard InChI is InChI=1S/C65H82O37/c1-27-42(74)47(79)50(82)60(90-27)91-34-17-11-31(12-18-34)14-20-41(73)96-54-39(25-88-29(3)70)95-64(102-65(26-89-40(72)19-13-30-9-15-33(71)16-10-30)58(46(78)37(23-68)101-65)100-59(86)32-7-5-4-6-8-32)57(99-62-52(84)49(81)44(76)36(22-67)93-62)56(54)98-63-53(85)55(45(77)38(94-63)24-87-28(2)69)97-61-51(83)48(80)43(75)35(21-66)92-61/h4-20,27,35-39,42-58,60-64,66-68,71,74-85H,21-26H2,1-3H3/b19-13+,20-14+/t27-,35-,36-,37+,38-,39+,42-,43+,44+,45+,46+,47+,48-,49-,50-,51+,52+,53+,54+,55-,56-,57+,58-,60+,61-,62-,63+,64+,65+/m0/s1. The number of ether oxygens (including phenoxy) is 16. The van der Waals surface area contributed by atoms with Crippen molar-refractivity contribution in [3.8, 4) is 11.5 Å². The van der Waals surface area contributed by atoms with Gasteiger partial charge in [0.1, 0.15) is 153 Å². The number of carbonyl (C=O) groups is 5. The first-order chi connectivity index (χ1) is 48.5. The zero-order valence-electron chi connectivity index (χ0n) is 54.5. The molecule has 6 aliphatic rings. The van der Waals surface area contributed by atoms with Crippen LogP contribution in [0.2, 0.25) is 0 Å². The average Bonchev–Trinajstić information content (AvgIpc) is 1.44. The number of rotatable bonds is 26. The van der Waals surface area contributed by atoms with Crippen LogP contribution in [0, 0.1) is 0 Å². The van der Waals surface area contributed by atoms with Crippen LogP contribution in [0.3, 0.4) is 0 Å². The van der Waals surface area contributed by atoms with Gasteiger partial charge in [-0.3, -0.25) is 9.59 Å². The van der Waals surface area contributed by atoms with Crippen molar-refractivity contribution in [2.24, 2.45) is 0 Å². The number of aliphatic hydroxyl groups is 15. The molecule has 37 heteroatoms. The molecule has 6 fully saturated rings. The van der Waals surface area contributed by atoms with Gasteiger partial charge in [0, 0.05) is 26.0 Å². The molecule has 0 amide bonds. The lowest BCUT2D eigenvalue weighted by Gasteiger charge is -2.51. The van der Waals surface area contributed by atoms with Crippen LogP contribution in [-0.2, 0) is 90.2 Å². The van der Waals surface area contributed by atoms with E-state index < -0.39 is 247 Å². The maximum Gasteiger partial charge on any atom is 0.338 e. The highest BCUT2D eigenvalue weighted by molar-refractivity contribution is 5.90. The van der Waals surface area contributed by atoms with Crippen LogP contribution >= 0.6 is 0 Å². The minimum atomic E-state index is -3.04. The molecule has 0 aromatic heterocycles. The van der Waals surface area contributed by atoms with Crippen molar-refractivity contribution in [1.82, 2.24) is 0 Å². The van der Waals surface area contributed by atoms with E-state index in [1.54, 1.807) is 6.07 Å². The Morgan fingerprint density at radius 2 is 0.941 bits per heavy atom. The molecule has 0 spiro atoms. The van der Waals surface area contributed by atoms with E-state index in [1.807, 2.05) is 0 Å². The molecular weight excluding hydrogens is 1370 g/mol. The molecule has 0 aliphatic carbocycles. The fourth-order valence-electron chi connectivity index (χ4n) is 11.6. The molecule has 6 heterocycles. The van der Waals surface area contributed by atoms with Crippen molar-refractivity contribution in [1.29, 1.82) is 0 Å². The molecule has 102 heavy (non-hydrogen) atoms. The Hall–Kier alpha value is -6.91. The SMILES string of the molecule is CC(=O)OC[C@@H]1O[C@H](O[C@@H]2[C@@H](O[C@@H]3O[C@@H](CO)[C@@H](O)[C@H](O)[C@H]3O)[C@@H](O[C@@]3(COC(=O)/C=C/c4ccc(O)cc4)O[C@H](CO)[C@@H](O)[C@@H]3OC(=O)c3ccccc3)O[C@H](COC(C)=O)[C@H]2OC(=O)/C=C/c2ccc(O[C@H]3O[C@@H](C)[C@H](O)[C@@H](O)[C@@H]3O)cc2)[C@H](O)[C@@H](O[C@@H]2O[C@@H](CO)[C@@H](O)[C@H](O)[C@H]2O)[C@@H]1O. The molecule has 6 saturated heterocycles. The molecule has 564 valence electrons. The molecule has 3 aromatic carbocycles. The molecular formula is C65H82O37. The second-order valence-electron chi connectivity index (χ2n) is 24.5. The Labute approximate surface area is 579 Å². The maximum absolute atomic E-state index is 14.6. The number of esters is 5. The Morgan fingerprint density at radius 3 is 1.51 bits per heavy atom. The maximum atomic E-state index is 14.6. The Morgan fingerprint density at radius 1 is 0.451 bits per heavy atom. The summed E-state index contributed by atoms with van der Waals surface area (Å²) in [6.07, 6.45) is -53.6. The zero-order valence-corrected chi connectivity index (χ0v) is 54.5. The quantitative estimate of drug-likeness (QED) is 0.0202. The van der Waals surface area contributed by atoms with E-state index in [0.29, 0.717) is 5.56 Å². The summed E-state index contributed by atoms with van der Waals surface area (Å²) in [5, 5.41) is 175. The van der Waals surface area contributed by atoms with Crippen LogP contribution in [0.15, 0.2) is 91.0 Å². The van der Waals surface area contributed by atoms with Gasteiger partial charge in [-0.1, -0.05) is 42.5 Å². The number of phenols is 1. The summed E-state index contributed by atoms with van der Waals surface area (Å²) in [6, 6.07) is 17.9. The first-order valence-corrected chi connectivity index (χ1v) is 32.0. The number of benzene rings is 3. The number of hydrogen-bond acceptors (Lipinski definition) is 37. The first-order valence-electron chi connectivity index (χ1n) is 32.0. The van der Waals surface area contributed by atoms with Gasteiger partial charge >= 0.3 is 29.8 Å². The van der Waals surface area contributed by atoms with Gasteiger partial charge in [-0.25, -0.2) is 14.4 Å². The molecule has 6 aliphatic heterocycles. The van der Waals surface area contributed by atoms with Crippen molar-refractivity contribution >= 4 is 42.0 Å². The Balaban J connectivity index is 1.18. The largest absolute Gasteiger partial charge is 0.508 e. The van der Waals surface area contributed by atoms with Gasteiger partial charge in [0.05, 0.1) is 31.5 Å². The van der Waals surface area contributed by atoms with Crippen LogP contribution in [0.25, 0.3) is 12.2 Å². The molecule has 3 aromatic rings. The van der Waals surface area contributed by atoms with Gasteiger partial charge in [-0.2, -0.15) is 0 Å². The van der Waals surface area contributed by atoms with Crippen molar-refractivity contribution in [3.05, 3.63) is 108 Å². The molecule has 0 bridgehead atoms. The number of aliphatic hydroxyl groups excluding tert-OH is 15. The monoisotopic (exact) mass is 1450 g/mol. The molecule has 16 N–H and O–H groups in total. The summed E-state index contributed by atoms with van der Waals surface area (Å²) in [7, 11) is 0. The highest BCUT2D eigenvalue weighted by atomic mass is 16.8. The summed E-state index contributed by atoms with van der Waals surface area (Å²) in [5.41, 5.74) is 0.398. The molecule has 0 unspecified atom stereocenters. The summed E-state index contributed by atoms with van der Waals surface area (Å²) in [6.45, 7) is -3.21. The van der Waals surface area contributed by atoms with Crippen LogP contribution in [0.5, 0.6) is 11.5 Å². The van der Waals surface area contributed by atoms with E-state index in [0.717, 1.165) is 26.0 Å². The second-order valence-corrected chi connectivity index (χ2v) is 24.5. The topological polar surface area (TPSA) is 557 Å². The van der Waals surface area contributed by atoms with E-state index in [4.69, 9.17) is 75.8 Å². The Bertz CT molecular complexity index is 3290. The predicted octanol–water partition coefficient (Wildman–Crippen LogP) is -6.48. The number of hydrogen-bond donors (Lipinski definition) is 16. The van der Waals surface area contributed by atoms with Crippen LogP contribution in [0.1, 0.15) is 42.3 Å². The summed E-state index contributed by atoms with van der Waals surface area (Å²) in [5.74, 6) is -8.94. The van der Waals surface area contributed by atoms with Crippen LogP contribution in [-0.4, -0.2) is 329 Å². The highest BCUT2D eigenvalue weighted by Crippen LogP contribution is 2.43. The van der Waals surface area contributed by atoms with E-state index in [2.05, 4.69) is 0 Å². The van der Waals surface area contributed by atoms with Crippen molar-refractivity contribution in [3.63, 3.8) is 0 Å². The van der Waals surface area contributed by atoms with Gasteiger partial charge in [-0.15, -0.1) is 0 Å².